The number of amides is 1. The number of hydrogen-bond donors (Lipinski definition) is 2. The summed E-state index contributed by atoms with van der Waals surface area (Å²) < 4.78 is 107. The van der Waals surface area contributed by atoms with E-state index in [1.807, 2.05) is 4.90 Å². The molecule has 0 atom stereocenters. The van der Waals surface area contributed by atoms with Crippen LogP contribution in [0.2, 0.25) is 0 Å². The lowest BCUT2D eigenvalue weighted by atomic mass is 10.1. The standard InChI is InChI=1S/C26H23F6N3O3S.ClH/c27-25(28,29)17-7-6-8-19(15-17)39(37,38)34-21-10-3-2-9-20(21)24(36)33-22-16-18(26(30,31)32)11-12-23(22)35-13-4-1-5-14-35;/h2-3,6-12,15-16,34H,1,4-5,13-14H2,(H,33,36);1H. The number of carbonyl (C=O) groups is 1. The number of piperidine rings is 1. The lowest BCUT2D eigenvalue weighted by molar-refractivity contribution is -0.138. The van der Waals surface area contributed by atoms with Gasteiger partial charge in [0.1, 0.15) is 0 Å². The summed E-state index contributed by atoms with van der Waals surface area (Å²) in [7, 11) is -4.56. The van der Waals surface area contributed by atoms with Crippen molar-refractivity contribution in [2.24, 2.45) is 0 Å². The summed E-state index contributed by atoms with van der Waals surface area (Å²) >= 11 is 0. The highest BCUT2D eigenvalue weighted by Gasteiger charge is 2.33. The fraction of sp³-hybridized carbons (Fsp3) is 0.269. The highest BCUT2D eigenvalue weighted by Crippen LogP contribution is 2.37. The number of sulfonamides is 1. The molecule has 1 fully saturated rings. The molecule has 2 N–H and O–H groups in total. The van der Waals surface area contributed by atoms with E-state index in [0.29, 0.717) is 24.8 Å². The van der Waals surface area contributed by atoms with E-state index < -0.39 is 44.3 Å². The molecule has 0 bridgehead atoms. The Morgan fingerprint density at radius 3 is 2.02 bits per heavy atom. The molecule has 1 amide bonds. The van der Waals surface area contributed by atoms with Crippen LogP contribution in [0.5, 0.6) is 0 Å². The predicted molar refractivity (Wildman–Crippen MR) is 141 cm³/mol. The molecule has 3 aromatic rings. The Kier molecular flexibility index (Phi) is 9.30. The van der Waals surface area contributed by atoms with Gasteiger partial charge in [-0.2, -0.15) is 26.3 Å². The molecule has 0 aliphatic carbocycles. The molecule has 3 aromatic carbocycles. The van der Waals surface area contributed by atoms with Gasteiger partial charge in [-0.05, 0) is 67.8 Å². The van der Waals surface area contributed by atoms with Crippen molar-refractivity contribution in [1.82, 2.24) is 0 Å². The van der Waals surface area contributed by atoms with E-state index in [0.717, 1.165) is 49.6 Å². The minimum absolute atomic E-state index is 0. The van der Waals surface area contributed by atoms with Gasteiger partial charge >= 0.3 is 12.4 Å². The first kappa shape index (κ1) is 31.1. The van der Waals surface area contributed by atoms with E-state index in [-0.39, 0.29) is 29.3 Å². The Hall–Kier alpha value is -3.45. The second-order valence-corrected chi connectivity index (χ2v) is 10.6. The molecule has 40 heavy (non-hydrogen) atoms. The average molecular weight is 608 g/mol. The van der Waals surface area contributed by atoms with E-state index in [1.165, 1.54) is 30.3 Å². The lowest BCUT2D eigenvalue weighted by Gasteiger charge is -2.31. The van der Waals surface area contributed by atoms with Crippen molar-refractivity contribution in [3.63, 3.8) is 0 Å². The number of nitrogens with zero attached hydrogens (tertiary/aromatic N) is 1. The van der Waals surface area contributed by atoms with Gasteiger partial charge in [-0.15, -0.1) is 12.4 Å². The van der Waals surface area contributed by atoms with E-state index in [4.69, 9.17) is 0 Å². The molecule has 0 aromatic heterocycles. The highest BCUT2D eigenvalue weighted by atomic mass is 35.5. The van der Waals surface area contributed by atoms with Gasteiger partial charge in [0.05, 0.1) is 38.6 Å². The van der Waals surface area contributed by atoms with Crippen LogP contribution in [0.25, 0.3) is 0 Å². The summed E-state index contributed by atoms with van der Waals surface area (Å²) in [5.41, 5.74) is -2.37. The Bertz CT molecular complexity index is 1470. The predicted octanol–water partition coefficient (Wildman–Crippen LogP) is 7.19. The molecule has 0 spiro atoms. The minimum atomic E-state index is -4.78. The molecule has 1 aliphatic rings. The van der Waals surface area contributed by atoms with Gasteiger partial charge in [0, 0.05) is 13.1 Å². The maximum absolute atomic E-state index is 13.4. The zero-order valence-corrected chi connectivity index (χ0v) is 22.3. The lowest BCUT2D eigenvalue weighted by Crippen LogP contribution is -2.30. The van der Waals surface area contributed by atoms with E-state index in [1.54, 1.807) is 0 Å². The Balaban J connectivity index is 0.00000441. The topological polar surface area (TPSA) is 78.5 Å². The maximum Gasteiger partial charge on any atom is 0.416 e. The number of rotatable bonds is 6. The monoisotopic (exact) mass is 607 g/mol. The second-order valence-electron chi connectivity index (χ2n) is 8.91. The molecule has 0 radical (unpaired) electrons. The van der Waals surface area contributed by atoms with E-state index in [2.05, 4.69) is 10.0 Å². The zero-order valence-electron chi connectivity index (χ0n) is 20.6. The van der Waals surface area contributed by atoms with Gasteiger partial charge in [0.15, 0.2) is 0 Å². The molecule has 4 rings (SSSR count). The molecular formula is C26H24ClF6N3O3S. The van der Waals surface area contributed by atoms with Gasteiger partial charge < -0.3 is 10.2 Å². The Labute approximate surface area is 232 Å². The molecule has 6 nitrogen and oxygen atoms in total. The number of benzene rings is 3. The smallest absolute Gasteiger partial charge is 0.370 e. The van der Waals surface area contributed by atoms with Gasteiger partial charge in [-0.1, -0.05) is 18.2 Å². The second kappa shape index (κ2) is 12.0. The van der Waals surface area contributed by atoms with Crippen molar-refractivity contribution in [2.45, 2.75) is 36.5 Å². The first-order valence-corrected chi connectivity index (χ1v) is 13.3. The molecule has 216 valence electrons. The number of hydrogen-bond acceptors (Lipinski definition) is 4. The van der Waals surface area contributed by atoms with Gasteiger partial charge in [-0.25, -0.2) is 8.42 Å². The summed E-state index contributed by atoms with van der Waals surface area (Å²) in [6, 6.07) is 11.4. The van der Waals surface area contributed by atoms with Crippen LogP contribution in [-0.4, -0.2) is 27.4 Å². The average Bonchev–Trinajstić information content (AvgIpc) is 2.88. The highest BCUT2D eigenvalue weighted by molar-refractivity contribution is 7.92. The van der Waals surface area contributed by atoms with Crippen LogP contribution >= 0.6 is 12.4 Å². The fourth-order valence-electron chi connectivity index (χ4n) is 4.23. The Morgan fingerprint density at radius 1 is 0.750 bits per heavy atom. The number of alkyl halides is 6. The van der Waals surface area contributed by atoms with Gasteiger partial charge in [0.2, 0.25) is 0 Å². The summed E-state index contributed by atoms with van der Waals surface area (Å²) in [6.07, 6.45) is -6.82. The molecular weight excluding hydrogens is 584 g/mol. The van der Waals surface area contributed by atoms with Crippen molar-refractivity contribution >= 4 is 45.4 Å². The van der Waals surface area contributed by atoms with Crippen LogP contribution < -0.4 is 14.9 Å². The zero-order chi connectivity index (χ0) is 28.4. The number of para-hydroxylation sites is 1. The summed E-state index contributed by atoms with van der Waals surface area (Å²) in [5.74, 6) is -0.907. The Morgan fingerprint density at radius 2 is 1.38 bits per heavy atom. The SMILES string of the molecule is Cl.O=C(Nc1cc(C(F)(F)F)ccc1N1CCCCC1)c1ccccc1NS(=O)(=O)c1cccc(C(F)(F)F)c1. The molecule has 1 heterocycles. The van der Waals surface area contributed by atoms with E-state index in [9.17, 15) is 39.6 Å². The normalized spacial score (nSPS) is 14.3. The van der Waals surface area contributed by atoms with Gasteiger partial charge in [0.25, 0.3) is 15.9 Å². The van der Waals surface area contributed by atoms with Crippen molar-refractivity contribution in [3.8, 4) is 0 Å². The molecule has 14 heteroatoms. The number of carbonyl (C=O) groups excluding carboxylic acids is 1. The van der Waals surface area contributed by atoms with Gasteiger partial charge in [-0.3, -0.25) is 9.52 Å². The quantitative estimate of drug-likeness (QED) is 0.291. The maximum atomic E-state index is 13.4. The number of anilines is 3. The number of nitrogens with one attached hydrogen (secondary N) is 2. The van der Waals surface area contributed by atoms with E-state index >= 15 is 0 Å². The first-order valence-electron chi connectivity index (χ1n) is 11.8. The van der Waals surface area contributed by atoms with Crippen LogP contribution in [-0.2, 0) is 22.4 Å². The minimum Gasteiger partial charge on any atom is -0.370 e. The van der Waals surface area contributed by atoms with Crippen LogP contribution in [0.3, 0.4) is 0 Å². The van der Waals surface area contributed by atoms with Crippen molar-refractivity contribution in [3.05, 3.63) is 83.4 Å². The third-order valence-electron chi connectivity index (χ3n) is 6.16. The van der Waals surface area contributed by atoms with Crippen LogP contribution in [0, 0.1) is 0 Å². The molecule has 1 aliphatic heterocycles. The summed E-state index contributed by atoms with van der Waals surface area (Å²) in [5, 5.41) is 2.47. The van der Waals surface area contributed by atoms with Crippen LogP contribution in [0.4, 0.5) is 43.4 Å². The number of halogens is 7. The largest absolute Gasteiger partial charge is 0.416 e. The molecule has 1 saturated heterocycles. The molecule has 0 unspecified atom stereocenters. The first-order chi connectivity index (χ1) is 18.3. The van der Waals surface area contributed by atoms with Crippen molar-refractivity contribution < 1.29 is 39.6 Å². The third-order valence-corrected chi connectivity index (χ3v) is 7.52. The fourth-order valence-corrected chi connectivity index (χ4v) is 5.35. The molecule has 0 saturated carbocycles. The van der Waals surface area contributed by atoms with Crippen molar-refractivity contribution in [1.29, 1.82) is 0 Å². The van der Waals surface area contributed by atoms with Crippen LogP contribution in [0.15, 0.2) is 71.6 Å². The summed E-state index contributed by atoms with van der Waals surface area (Å²) in [4.78, 5) is 14.4. The van der Waals surface area contributed by atoms with Crippen molar-refractivity contribution in [2.75, 3.05) is 28.0 Å². The van der Waals surface area contributed by atoms with Crippen LogP contribution in [0.1, 0.15) is 40.7 Å². The third kappa shape index (κ3) is 7.19. The summed E-state index contributed by atoms with van der Waals surface area (Å²) in [6.45, 7) is 1.17.